The quantitative estimate of drug-likeness (QED) is 0.572. The van der Waals surface area contributed by atoms with Crippen LogP contribution in [0.4, 0.5) is 0 Å². The molecule has 0 aromatic rings. The van der Waals surface area contributed by atoms with Gasteiger partial charge >= 0.3 is 0 Å². The molecule has 0 spiro atoms. The van der Waals surface area contributed by atoms with Crippen molar-refractivity contribution in [3.63, 3.8) is 0 Å². The van der Waals surface area contributed by atoms with Crippen molar-refractivity contribution in [1.29, 1.82) is 0 Å². The molecule has 1 saturated carbocycles. The van der Waals surface area contributed by atoms with Crippen LogP contribution in [0, 0.1) is 5.92 Å². The minimum Gasteiger partial charge on any atom is -0.390 e. The molecule has 0 unspecified atom stereocenters. The smallest absolute Gasteiger partial charge is 0.0620 e. The molecule has 60 valence electrons. The number of hydrogen-bond acceptors (Lipinski definition) is 2. The van der Waals surface area contributed by atoms with E-state index in [1.807, 2.05) is 6.92 Å². The molecule has 0 aromatic carbocycles. The molecule has 1 rings (SSSR count). The van der Waals surface area contributed by atoms with Gasteiger partial charge in [0.25, 0.3) is 0 Å². The van der Waals surface area contributed by atoms with Gasteiger partial charge in [0.2, 0.25) is 0 Å². The molecule has 0 heterocycles. The summed E-state index contributed by atoms with van der Waals surface area (Å²) in [5, 5.41) is 9.55. The molecule has 0 amide bonds. The fourth-order valence-corrected chi connectivity index (χ4v) is 1.54. The molecule has 1 aliphatic rings. The fourth-order valence-electron chi connectivity index (χ4n) is 1.54. The summed E-state index contributed by atoms with van der Waals surface area (Å²) in [5.41, 5.74) is 5.11. The number of rotatable bonds is 1. The van der Waals surface area contributed by atoms with E-state index in [9.17, 15) is 5.11 Å². The normalized spacial score (nSPS) is 41.7. The fraction of sp³-hybridized carbons (Fsp3) is 1.00. The molecule has 0 aliphatic heterocycles. The predicted molar refractivity (Wildman–Crippen MR) is 41.6 cm³/mol. The van der Waals surface area contributed by atoms with Gasteiger partial charge < -0.3 is 10.8 Å². The first-order valence-electron chi connectivity index (χ1n) is 4.06. The summed E-state index contributed by atoms with van der Waals surface area (Å²) in [7, 11) is 0. The second-order valence-corrected chi connectivity index (χ2v) is 3.68. The van der Waals surface area contributed by atoms with E-state index in [1.165, 1.54) is 0 Å². The Morgan fingerprint density at radius 2 is 2.00 bits per heavy atom. The molecule has 0 radical (unpaired) electrons. The van der Waals surface area contributed by atoms with E-state index in [4.69, 9.17) is 5.73 Å². The lowest BCUT2D eigenvalue weighted by Crippen LogP contribution is -2.32. The average molecular weight is 143 g/mol. The third-order valence-corrected chi connectivity index (χ3v) is 2.52. The monoisotopic (exact) mass is 143 g/mol. The van der Waals surface area contributed by atoms with Crippen LogP contribution in [0.3, 0.4) is 0 Å². The highest BCUT2D eigenvalue weighted by atomic mass is 16.3. The van der Waals surface area contributed by atoms with Gasteiger partial charge in [-0.05, 0) is 45.1 Å². The van der Waals surface area contributed by atoms with Gasteiger partial charge in [-0.25, -0.2) is 0 Å². The van der Waals surface area contributed by atoms with Gasteiger partial charge in [0.05, 0.1) is 5.60 Å². The van der Waals surface area contributed by atoms with Crippen LogP contribution in [0.2, 0.25) is 0 Å². The minimum absolute atomic E-state index is 0.397. The third kappa shape index (κ3) is 1.96. The molecule has 0 atom stereocenters. The van der Waals surface area contributed by atoms with Gasteiger partial charge in [-0.2, -0.15) is 0 Å². The van der Waals surface area contributed by atoms with Crippen LogP contribution in [0.1, 0.15) is 32.6 Å². The Labute approximate surface area is 62.4 Å². The highest BCUT2D eigenvalue weighted by Gasteiger charge is 2.27. The first-order chi connectivity index (χ1) is 4.64. The largest absolute Gasteiger partial charge is 0.390 e. The number of hydrogen-bond donors (Lipinski definition) is 2. The van der Waals surface area contributed by atoms with Crippen LogP contribution in [0.5, 0.6) is 0 Å². The summed E-state index contributed by atoms with van der Waals surface area (Å²) in [6.07, 6.45) is 4.05. The van der Waals surface area contributed by atoms with Crippen LogP contribution in [-0.2, 0) is 0 Å². The number of aliphatic hydroxyl groups is 1. The van der Waals surface area contributed by atoms with Gasteiger partial charge in [-0.3, -0.25) is 0 Å². The Kier molecular flexibility index (Phi) is 2.32. The highest BCUT2D eigenvalue weighted by molar-refractivity contribution is 4.81. The molecular weight excluding hydrogens is 126 g/mol. The lowest BCUT2D eigenvalue weighted by molar-refractivity contribution is 0.00928. The SMILES string of the molecule is C[C@]1(O)CC[C@H](CN)CC1. The van der Waals surface area contributed by atoms with Crippen LogP contribution >= 0.6 is 0 Å². The van der Waals surface area contributed by atoms with Crippen molar-refractivity contribution >= 4 is 0 Å². The maximum Gasteiger partial charge on any atom is 0.0620 e. The summed E-state index contributed by atoms with van der Waals surface area (Å²) in [5.74, 6) is 0.667. The van der Waals surface area contributed by atoms with E-state index in [0.717, 1.165) is 32.2 Å². The lowest BCUT2D eigenvalue weighted by atomic mass is 9.80. The Morgan fingerprint density at radius 1 is 1.50 bits per heavy atom. The molecule has 3 N–H and O–H groups in total. The Morgan fingerprint density at radius 3 is 2.40 bits per heavy atom. The molecule has 1 fully saturated rings. The zero-order chi connectivity index (χ0) is 7.61. The van der Waals surface area contributed by atoms with Gasteiger partial charge in [-0.15, -0.1) is 0 Å². The van der Waals surface area contributed by atoms with Crippen LogP contribution in [0.25, 0.3) is 0 Å². The van der Waals surface area contributed by atoms with E-state index in [0.29, 0.717) is 5.92 Å². The molecule has 0 saturated heterocycles. The third-order valence-electron chi connectivity index (χ3n) is 2.52. The lowest BCUT2D eigenvalue weighted by Gasteiger charge is -2.32. The van der Waals surface area contributed by atoms with Gasteiger partial charge in [-0.1, -0.05) is 0 Å². The Hall–Kier alpha value is -0.0800. The predicted octanol–water partition coefficient (Wildman–Crippen LogP) is 0.886. The van der Waals surface area contributed by atoms with Crippen LogP contribution in [0.15, 0.2) is 0 Å². The van der Waals surface area contributed by atoms with E-state index in [-0.39, 0.29) is 0 Å². The van der Waals surface area contributed by atoms with E-state index < -0.39 is 5.60 Å². The first kappa shape index (κ1) is 8.02. The van der Waals surface area contributed by atoms with Crippen molar-refractivity contribution < 1.29 is 5.11 Å². The topological polar surface area (TPSA) is 46.2 Å². The standard InChI is InChI=1S/C8H17NO/c1-8(10)4-2-7(6-9)3-5-8/h7,10H,2-6,9H2,1H3/t7-,8-. The average Bonchev–Trinajstić information content (AvgIpc) is 1.88. The van der Waals surface area contributed by atoms with E-state index in [1.54, 1.807) is 0 Å². The van der Waals surface area contributed by atoms with Gasteiger partial charge in [0, 0.05) is 0 Å². The van der Waals surface area contributed by atoms with Crippen LogP contribution < -0.4 is 5.73 Å². The van der Waals surface area contributed by atoms with Gasteiger partial charge in [0.1, 0.15) is 0 Å². The maximum absolute atomic E-state index is 9.55. The molecule has 2 heteroatoms. The van der Waals surface area contributed by atoms with E-state index >= 15 is 0 Å². The van der Waals surface area contributed by atoms with Crippen LogP contribution in [-0.4, -0.2) is 17.3 Å². The molecule has 2 nitrogen and oxygen atoms in total. The molecule has 1 aliphatic carbocycles. The Balaban J connectivity index is 2.31. The Bertz CT molecular complexity index is 102. The van der Waals surface area contributed by atoms with Crippen molar-refractivity contribution in [2.75, 3.05) is 6.54 Å². The molecular formula is C8H17NO. The highest BCUT2D eigenvalue weighted by Crippen LogP contribution is 2.30. The van der Waals surface area contributed by atoms with E-state index in [2.05, 4.69) is 0 Å². The van der Waals surface area contributed by atoms with Crippen molar-refractivity contribution in [3.05, 3.63) is 0 Å². The summed E-state index contributed by atoms with van der Waals surface area (Å²) >= 11 is 0. The zero-order valence-electron chi connectivity index (χ0n) is 6.64. The second kappa shape index (κ2) is 2.89. The molecule has 10 heavy (non-hydrogen) atoms. The molecule has 0 bridgehead atoms. The van der Waals surface area contributed by atoms with Crippen molar-refractivity contribution in [1.82, 2.24) is 0 Å². The summed E-state index contributed by atoms with van der Waals surface area (Å²) in [6.45, 7) is 2.70. The second-order valence-electron chi connectivity index (χ2n) is 3.68. The number of nitrogens with two attached hydrogens (primary N) is 1. The summed E-state index contributed by atoms with van der Waals surface area (Å²) in [4.78, 5) is 0. The zero-order valence-corrected chi connectivity index (χ0v) is 6.64. The summed E-state index contributed by atoms with van der Waals surface area (Å²) < 4.78 is 0. The first-order valence-corrected chi connectivity index (χ1v) is 4.06. The van der Waals surface area contributed by atoms with Gasteiger partial charge in [0.15, 0.2) is 0 Å². The van der Waals surface area contributed by atoms with Crippen molar-refractivity contribution in [3.8, 4) is 0 Å². The minimum atomic E-state index is -0.397. The van der Waals surface area contributed by atoms with Crippen molar-refractivity contribution in [2.45, 2.75) is 38.2 Å². The maximum atomic E-state index is 9.55. The van der Waals surface area contributed by atoms with Crippen molar-refractivity contribution in [2.24, 2.45) is 11.7 Å². The summed E-state index contributed by atoms with van der Waals surface area (Å²) in [6, 6.07) is 0. The molecule has 0 aromatic heterocycles.